The molecule has 4 nitrogen and oxygen atoms in total. The lowest BCUT2D eigenvalue weighted by atomic mass is 9.83. The van der Waals surface area contributed by atoms with Crippen molar-refractivity contribution in [3.8, 4) is 0 Å². The van der Waals surface area contributed by atoms with Gasteiger partial charge in [0.2, 0.25) is 5.91 Å². The van der Waals surface area contributed by atoms with E-state index in [4.69, 9.17) is 10.5 Å². The number of hydrogen-bond donors (Lipinski definition) is 2. The lowest BCUT2D eigenvalue weighted by Crippen LogP contribution is -2.47. The number of amides is 1. The Bertz CT molecular complexity index is 253. The van der Waals surface area contributed by atoms with Crippen LogP contribution in [0.25, 0.3) is 0 Å². The molecule has 1 rings (SSSR count). The first kappa shape index (κ1) is 14.5. The zero-order chi connectivity index (χ0) is 12.9. The van der Waals surface area contributed by atoms with Crippen LogP contribution in [-0.2, 0) is 9.53 Å². The molecule has 0 saturated heterocycles. The van der Waals surface area contributed by atoms with E-state index in [1.54, 1.807) is 0 Å². The zero-order valence-electron chi connectivity index (χ0n) is 11.3. The minimum absolute atomic E-state index is 0.0723. The average Bonchev–Trinajstić information content (AvgIpc) is 2.15. The smallest absolute Gasteiger partial charge is 0.246 e. The van der Waals surface area contributed by atoms with Gasteiger partial charge in [0.25, 0.3) is 0 Å². The summed E-state index contributed by atoms with van der Waals surface area (Å²) in [4.78, 5) is 11.5. The number of nitrogens with one attached hydrogen (secondary N) is 1. The van der Waals surface area contributed by atoms with Crippen LogP contribution in [0, 0.1) is 0 Å². The zero-order valence-corrected chi connectivity index (χ0v) is 11.3. The molecule has 0 aliphatic heterocycles. The van der Waals surface area contributed by atoms with E-state index in [-0.39, 0.29) is 23.6 Å². The van der Waals surface area contributed by atoms with Crippen molar-refractivity contribution in [3.05, 3.63) is 0 Å². The van der Waals surface area contributed by atoms with Crippen molar-refractivity contribution in [3.63, 3.8) is 0 Å². The number of carbonyl (C=O) groups is 1. The van der Waals surface area contributed by atoms with E-state index in [9.17, 15) is 4.79 Å². The van der Waals surface area contributed by atoms with E-state index < -0.39 is 0 Å². The van der Waals surface area contributed by atoms with Crippen molar-refractivity contribution in [1.82, 2.24) is 5.32 Å². The van der Waals surface area contributed by atoms with Gasteiger partial charge in [-0.1, -0.05) is 19.3 Å². The Kier molecular flexibility index (Phi) is 4.95. The Labute approximate surface area is 104 Å². The second-order valence-corrected chi connectivity index (χ2v) is 6.21. The third kappa shape index (κ3) is 6.03. The maximum Gasteiger partial charge on any atom is 0.246 e. The van der Waals surface area contributed by atoms with Gasteiger partial charge >= 0.3 is 0 Å². The number of ether oxygens (including phenoxy) is 1. The number of carbonyl (C=O) groups excluding carboxylic acids is 1. The highest BCUT2D eigenvalue weighted by Crippen LogP contribution is 2.25. The molecule has 4 heteroatoms. The van der Waals surface area contributed by atoms with Crippen LogP contribution < -0.4 is 11.1 Å². The van der Waals surface area contributed by atoms with E-state index >= 15 is 0 Å². The van der Waals surface area contributed by atoms with Gasteiger partial charge in [0.05, 0.1) is 6.61 Å². The summed E-state index contributed by atoms with van der Waals surface area (Å²) in [7, 11) is 0. The molecule has 17 heavy (non-hydrogen) atoms. The van der Waals surface area contributed by atoms with Crippen LogP contribution in [0.4, 0.5) is 0 Å². The molecule has 1 saturated carbocycles. The van der Waals surface area contributed by atoms with Crippen molar-refractivity contribution in [2.24, 2.45) is 5.73 Å². The fourth-order valence-electron chi connectivity index (χ4n) is 2.20. The molecule has 0 spiro atoms. The predicted molar refractivity (Wildman–Crippen MR) is 68.7 cm³/mol. The summed E-state index contributed by atoms with van der Waals surface area (Å²) in [6.07, 6.45) is 5.63. The van der Waals surface area contributed by atoms with Gasteiger partial charge in [-0.25, -0.2) is 0 Å². The van der Waals surface area contributed by atoms with Crippen molar-refractivity contribution in [1.29, 1.82) is 0 Å². The molecule has 0 heterocycles. The summed E-state index contributed by atoms with van der Waals surface area (Å²) in [5, 5.41) is 2.86. The summed E-state index contributed by atoms with van der Waals surface area (Å²) >= 11 is 0. The quantitative estimate of drug-likeness (QED) is 0.786. The summed E-state index contributed by atoms with van der Waals surface area (Å²) in [5.41, 5.74) is 5.81. The summed E-state index contributed by atoms with van der Waals surface area (Å²) in [6, 6.07) is 0. The molecule has 1 amide bonds. The van der Waals surface area contributed by atoms with Gasteiger partial charge in [0, 0.05) is 11.1 Å². The van der Waals surface area contributed by atoms with Crippen LogP contribution in [0.5, 0.6) is 0 Å². The maximum absolute atomic E-state index is 11.5. The third-order valence-electron chi connectivity index (χ3n) is 2.99. The van der Waals surface area contributed by atoms with E-state index in [1.807, 2.05) is 20.8 Å². The number of rotatable bonds is 4. The van der Waals surface area contributed by atoms with E-state index in [2.05, 4.69) is 5.32 Å². The molecule has 1 aliphatic carbocycles. The minimum atomic E-state index is -0.208. The lowest BCUT2D eigenvalue weighted by Gasteiger charge is -2.33. The summed E-state index contributed by atoms with van der Waals surface area (Å²) in [5.74, 6) is -0.0723. The Morgan fingerprint density at radius 2 is 1.88 bits per heavy atom. The molecule has 0 radical (unpaired) electrons. The Morgan fingerprint density at radius 1 is 1.29 bits per heavy atom. The van der Waals surface area contributed by atoms with Crippen molar-refractivity contribution < 1.29 is 9.53 Å². The molecule has 3 N–H and O–H groups in total. The summed E-state index contributed by atoms with van der Waals surface area (Å²) in [6.45, 7) is 6.46. The first-order valence-electron chi connectivity index (χ1n) is 6.48. The lowest BCUT2D eigenvalue weighted by molar-refractivity contribution is -0.127. The molecule has 100 valence electrons. The van der Waals surface area contributed by atoms with Crippen LogP contribution in [0.1, 0.15) is 52.9 Å². The molecule has 1 aliphatic rings. The minimum Gasteiger partial charge on any atom is -0.370 e. The van der Waals surface area contributed by atoms with Crippen LogP contribution in [0.2, 0.25) is 0 Å². The SMILES string of the molecule is CC(C)(C)NC(=O)COCC1(N)CCCCC1. The topological polar surface area (TPSA) is 64.3 Å². The summed E-state index contributed by atoms with van der Waals surface area (Å²) < 4.78 is 5.45. The maximum atomic E-state index is 11.5. The van der Waals surface area contributed by atoms with Crippen molar-refractivity contribution in [2.45, 2.75) is 64.0 Å². The number of hydrogen-bond acceptors (Lipinski definition) is 3. The molecule has 0 aromatic rings. The van der Waals surface area contributed by atoms with Crippen LogP contribution >= 0.6 is 0 Å². The Hall–Kier alpha value is -0.610. The normalized spacial score (nSPS) is 20.0. The monoisotopic (exact) mass is 242 g/mol. The molecule has 0 unspecified atom stereocenters. The van der Waals surface area contributed by atoms with Gasteiger partial charge in [0.15, 0.2) is 0 Å². The Balaban J connectivity index is 2.20. The predicted octanol–water partition coefficient (Wildman–Crippen LogP) is 1.58. The first-order chi connectivity index (χ1) is 7.81. The van der Waals surface area contributed by atoms with Gasteiger partial charge in [-0.15, -0.1) is 0 Å². The van der Waals surface area contributed by atoms with Gasteiger partial charge < -0.3 is 15.8 Å². The number of nitrogens with two attached hydrogens (primary N) is 1. The van der Waals surface area contributed by atoms with Gasteiger partial charge in [-0.05, 0) is 33.6 Å². The van der Waals surface area contributed by atoms with Crippen LogP contribution in [0.3, 0.4) is 0 Å². The highest BCUT2D eigenvalue weighted by atomic mass is 16.5. The van der Waals surface area contributed by atoms with Gasteiger partial charge in [-0.3, -0.25) is 4.79 Å². The largest absolute Gasteiger partial charge is 0.370 e. The fraction of sp³-hybridized carbons (Fsp3) is 0.923. The molecular weight excluding hydrogens is 216 g/mol. The average molecular weight is 242 g/mol. The molecule has 0 aromatic carbocycles. The van der Waals surface area contributed by atoms with Crippen LogP contribution in [-0.4, -0.2) is 30.2 Å². The molecule has 0 atom stereocenters. The van der Waals surface area contributed by atoms with E-state index in [0.717, 1.165) is 12.8 Å². The van der Waals surface area contributed by atoms with Gasteiger partial charge in [0.1, 0.15) is 6.61 Å². The molecular formula is C13H26N2O2. The van der Waals surface area contributed by atoms with Gasteiger partial charge in [-0.2, -0.15) is 0 Å². The van der Waals surface area contributed by atoms with Crippen LogP contribution in [0.15, 0.2) is 0 Å². The standard InChI is InChI=1S/C13H26N2O2/c1-12(2,3)15-11(16)9-17-10-13(14)7-5-4-6-8-13/h4-10,14H2,1-3H3,(H,15,16). The second-order valence-electron chi connectivity index (χ2n) is 6.21. The fourth-order valence-corrected chi connectivity index (χ4v) is 2.20. The van der Waals surface area contributed by atoms with Crippen molar-refractivity contribution >= 4 is 5.91 Å². The van der Waals surface area contributed by atoms with E-state index in [0.29, 0.717) is 6.61 Å². The molecule has 0 aromatic heterocycles. The first-order valence-corrected chi connectivity index (χ1v) is 6.48. The third-order valence-corrected chi connectivity index (χ3v) is 2.99. The Morgan fingerprint density at radius 3 is 2.41 bits per heavy atom. The molecule has 0 bridgehead atoms. The highest BCUT2D eigenvalue weighted by molar-refractivity contribution is 5.77. The highest BCUT2D eigenvalue weighted by Gasteiger charge is 2.27. The second kappa shape index (κ2) is 5.83. The molecule has 1 fully saturated rings. The van der Waals surface area contributed by atoms with E-state index in [1.165, 1.54) is 19.3 Å². The van der Waals surface area contributed by atoms with Crippen molar-refractivity contribution in [2.75, 3.05) is 13.2 Å².